The van der Waals surface area contributed by atoms with Crippen LogP contribution in [0.4, 0.5) is 0 Å². The van der Waals surface area contributed by atoms with Gasteiger partial charge in [-0.25, -0.2) is 4.98 Å². The molecule has 0 bridgehead atoms. The zero-order chi connectivity index (χ0) is 13.2. The molecule has 1 aromatic heterocycles. The zero-order valence-corrected chi connectivity index (χ0v) is 11.1. The highest BCUT2D eigenvalue weighted by Crippen LogP contribution is 2.03. The number of hydrogen-bond acceptors (Lipinski definition) is 4. The van der Waals surface area contributed by atoms with E-state index in [0.717, 1.165) is 5.75 Å². The number of nitrogens with zero attached hydrogens (tertiary/aromatic N) is 1. The maximum Gasteiger partial charge on any atom is 0.271 e. The van der Waals surface area contributed by atoms with Crippen molar-refractivity contribution in [3.63, 3.8) is 0 Å². The van der Waals surface area contributed by atoms with E-state index in [1.54, 1.807) is 30.1 Å². The molecule has 96 valence electrons. The number of nitrogens with one attached hydrogen (secondary N) is 1. The molecule has 1 amide bonds. The second-order valence-corrected chi connectivity index (χ2v) is 4.41. The fraction of sp³-hybridized carbons (Fsp3) is 0.385. The molecule has 0 aliphatic heterocycles. The van der Waals surface area contributed by atoms with Crippen LogP contribution in [0.2, 0.25) is 0 Å². The Kier molecular flexibility index (Phi) is 6.92. The number of hydrogen-bond donors (Lipinski definition) is 2. The standard InChI is InChI=1S/C13H16N2O2S/c1-18-10-8-15-13(17)12-11(5-2-3-9-16)6-4-7-14-12/h4,6-7,16H,3,8-10H2,1H3,(H,15,17). The highest BCUT2D eigenvalue weighted by Gasteiger charge is 2.10. The van der Waals surface area contributed by atoms with Gasteiger partial charge in [0.2, 0.25) is 0 Å². The molecule has 18 heavy (non-hydrogen) atoms. The molecule has 0 saturated heterocycles. The number of pyridine rings is 1. The van der Waals surface area contributed by atoms with Gasteiger partial charge in [0, 0.05) is 24.9 Å². The lowest BCUT2D eigenvalue weighted by Crippen LogP contribution is -2.27. The summed E-state index contributed by atoms with van der Waals surface area (Å²) in [5, 5.41) is 11.5. The Balaban J connectivity index is 2.75. The average molecular weight is 264 g/mol. The van der Waals surface area contributed by atoms with Gasteiger partial charge in [-0.05, 0) is 18.4 Å². The second-order valence-electron chi connectivity index (χ2n) is 3.42. The highest BCUT2D eigenvalue weighted by atomic mass is 32.2. The van der Waals surface area contributed by atoms with Gasteiger partial charge in [0.15, 0.2) is 0 Å². The molecule has 0 fully saturated rings. The minimum atomic E-state index is -0.210. The summed E-state index contributed by atoms with van der Waals surface area (Å²) < 4.78 is 0. The number of carbonyl (C=O) groups excluding carboxylic acids is 1. The molecule has 0 aliphatic carbocycles. The Morgan fingerprint density at radius 3 is 3.17 bits per heavy atom. The lowest BCUT2D eigenvalue weighted by molar-refractivity contribution is 0.0951. The molecule has 4 nitrogen and oxygen atoms in total. The lowest BCUT2D eigenvalue weighted by atomic mass is 10.2. The molecular weight excluding hydrogens is 248 g/mol. The quantitative estimate of drug-likeness (QED) is 0.613. The molecule has 0 aliphatic rings. The number of rotatable bonds is 5. The third-order valence-electron chi connectivity index (χ3n) is 2.07. The largest absolute Gasteiger partial charge is 0.395 e. The predicted octanol–water partition coefficient (Wildman–Crippen LogP) is 0.908. The van der Waals surface area contributed by atoms with Crippen molar-refractivity contribution >= 4 is 17.7 Å². The van der Waals surface area contributed by atoms with E-state index in [1.807, 2.05) is 6.26 Å². The van der Waals surface area contributed by atoms with Gasteiger partial charge in [-0.2, -0.15) is 11.8 Å². The SMILES string of the molecule is CSCCNC(=O)c1ncccc1C#CCCO. The fourth-order valence-electron chi connectivity index (χ4n) is 1.25. The van der Waals surface area contributed by atoms with Crippen LogP contribution >= 0.6 is 11.8 Å². The van der Waals surface area contributed by atoms with Crippen LogP contribution in [-0.4, -0.2) is 41.2 Å². The predicted molar refractivity (Wildman–Crippen MR) is 73.5 cm³/mol. The normalized spacial score (nSPS) is 9.44. The van der Waals surface area contributed by atoms with Gasteiger partial charge in [0.05, 0.1) is 12.2 Å². The van der Waals surface area contributed by atoms with Crippen LogP contribution in [0.1, 0.15) is 22.5 Å². The van der Waals surface area contributed by atoms with Crippen molar-refractivity contribution in [1.29, 1.82) is 0 Å². The van der Waals surface area contributed by atoms with Crippen molar-refractivity contribution < 1.29 is 9.90 Å². The average Bonchev–Trinajstić information content (AvgIpc) is 2.40. The van der Waals surface area contributed by atoms with E-state index in [1.165, 1.54) is 0 Å². The van der Waals surface area contributed by atoms with E-state index in [0.29, 0.717) is 24.2 Å². The van der Waals surface area contributed by atoms with Crippen LogP contribution in [0, 0.1) is 11.8 Å². The van der Waals surface area contributed by atoms with Gasteiger partial charge < -0.3 is 10.4 Å². The second kappa shape index (κ2) is 8.56. The maximum absolute atomic E-state index is 11.9. The van der Waals surface area contributed by atoms with Crippen molar-refractivity contribution in [2.75, 3.05) is 25.2 Å². The van der Waals surface area contributed by atoms with Crippen LogP contribution in [0.25, 0.3) is 0 Å². The molecule has 2 N–H and O–H groups in total. The van der Waals surface area contributed by atoms with Gasteiger partial charge in [0.25, 0.3) is 5.91 Å². The van der Waals surface area contributed by atoms with Crippen molar-refractivity contribution in [2.24, 2.45) is 0 Å². The molecule has 0 aromatic carbocycles. The van der Waals surface area contributed by atoms with Crippen LogP contribution in [0.15, 0.2) is 18.3 Å². The fourth-order valence-corrected chi connectivity index (χ4v) is 1.56. The van der Waals surface area contributed by atoms with Crippen LogP contribution in [-0.2, 0) is 0 Å². The number of aliphatic hydroxyl groups excluding tert-OH is 1. The van der Waals surface area contributed by atoms with E-state index in [9.17, 15) is 4.79 Å². The lowest BCUT2D eigenvalue weighted by Gasteiger charge is -2.04. The molecule has 1 rings (SSSR count). The van der Waals surface area contributed by atoms with Gasteiger partial charge >= 0.3 is 0 Å². The smallest absolute Gasteiger partial charge is 0.271 e. The summed E-state index contributed by atoms with van der Waals surface area (Å²) in [4.78, 5) is 15.9. The minimum Gasteiger partial charge on any atom is -0.395 e. The third-order valence-corrected chi connectivity index (χ3v) is 2.69. The number of aromatic nitrogens is 1. The molecule has 5 heteroatoms. The highest BCUT2D eigenvalue weighted by molar-refractivity contribution is 7.98. The monoisotopic (exact) mass is 264 g/mol. The molecule has 0 saturated carbocycles. The summed E-state index contributed by atoms with van der Waals surface area (Å²) in [5.74, 6) is 6.29. The van der Waals surface area contributed by atoms with Crippen molar-refractivity contribution in [1.82, 2.24) is 10.3 Å². The van der Waals surface area contributed by atoms with E-state index in [-0.39, 0.29) is 12.5 Å². The van der Waals surface area contributed by atoms with E-state index < -0.39 is 0 Å². The van der Waals surface area contributed by atoms with Crippen molar-refractivity contribution in [3.05, 3.63) is 29.6 Å². The first-order valence-corrected chi connectivity index (χ1v) is 7.01. The number of aliphatic hydroxyl groups is 1. The molecule has 0 atom stereocenters. The first kappa shape index (κ1) is 14.6. The van der Waals surface area contributed by atoms with E-state index >= 15 is 0 Å². The third kappa shape index (κ3) is 4.78. The van der Waals surface area contributed by atoms with Gasteiger partial charge in [-0.15, -0.1) is 0 Å². The molecule has 1 heterocycles. The molecule has 0 unspecified atom stereocenters. The summed E-state index contributed by atoms with van der Waals surface area (Å²) in [7, 11) is 0. The zero-order valence-electron chi connectivity index (χ0n) is 10.3. The Hall–Kier alpha value is -1.51. The molecule has 0 spiro atoms. The van der Waals surface area contributed by atoms with Crippen LogP contribution in [0.5, 0.6) is 0 Å². The Labute approximate surface area is 111 Å². The van der Waals surface area contributed by atoms with Crippen molar-refractivity contribution in [2.45, 2.75) is 6.42 Å². The van der Waals surface area contributed by atoms with Crippen molar-refractivity contribution in [3.8, 4) is 11.8 Å². The Morgan fingerprint density at radius 2 is 2.44 bits per heavy atom. The van der Waals surface area contributed by atoms with Crippen LogP contribution < -0.4 is 5.32 Å². The topological polar surface area (TPSA) is 62.2 Å². The number of thioether (sulfide) groups is 1. The van der Waals surface area contributed by atoms with E-state index in [4.69, 9.17) is 5.11 Å². The molecule has 0 radical (unpaired) electrons. The Morgan fingerprint density at radius 1 is 1.61 bits per heavy atom. The van der Waals surface area contributed by atoms with Gasteiger partial charge in [-0.3, -0.25) is 4.79 Å². The molecular formula is C13H16N2O2S. The number of carbonyl (C=O) groups is 1. The summed E-state index contributed by atoms with van der Waals surface area (Å²) in [6, 6.07) is 3.49. The summed E-state index contributed by atoms with van der Waals surface area (Å²) >= 11 is 1.67. The Bertz CT molecular complexity index is 452. The minimum absolute atomic E-state index is 0.0164. The summed E-state index contributed by atoms with van der Waals surface area (Å²) in [6.07, 6.45) is 3.95. The first-order valence-electron chi connectivity index (χ1n) is 5.61. The maximum atomic E-state index is 11.9. The molecule has 1 aromatic rings. The first-order chi connectivity index (χ1) is 8.79. The van der Waals surface area contributed by atoms with Gasteiger partial charge in [-0.1, -0.05) is 11.8 Å². The van der Waals surface area contributed by atoms with Crippen LogP contribution in [0.3, 0.4) is 0 Å². The van der Waals surface area contributed by atoms with Gasteiger partial charge in [0.1, 0.15) is 5.69 Å². The summed E-state index contributed by atoms with van der Waals surface area (Å²) in [6.45, 7) is 0.628. The summed E-state index contributed by atoms with van der Waals surface area (Å²) in [5.41, 5.74) is 0.927. The van der Waals surface area contributed by atoms with E-state index in [2.05, 4.69) is 22.1 Å². The number of amides is 1.